The predicted molar refractivity (Wildman–Crippen MR) is 115 cm³/mol. The van der Waals surface area contributed by atoms with E-state index in [1.54, 1.807) is 18.2 Å². The number of halogens is 5. The Morgan fingerprint density at radius 3 is 2.48 bits per heavy atom. The molecule has 1 saturated heterocycles. The highest BCUT2D eigenvalue weighted by atomic mass is 19.4. The fraction of sp³-hybridized carbons (Fsp3) is 0.480. The summed E-state index contributed by atoms with van der Waals surface area (Å²) in [6.45, 7) is 1.77. The monoisotopic (exact) mass is 466 g/mol. The zero-order valence-corrected chi connectivity index (χ0v) is 18.4. The molecule has 8 heteroatoms. The number of benzene rings is 2. The average molecular weight is 466 g/mol. The first kappa shape index (κ1) is 23.7. The maximum atomic E-state index is 14.7. The molecule has 3 atom stereocenters. The van der Waals surface area contributed by atoms with Crippen LogP contribution in [0, 0.1) is 5.82 Å². The third kappa shape index (κ3) is 4.25. The molecular formula is C25H27F5N2O. The van der Waals surface area contributed by atoms with E-state index < -0.39 is 22.8 Å². The summed E-state index contributed by atoms with van der Waals surface area (Å²) in [5, 5.41) is 0. The number of likely N-dealkylation sites (tertiary alicyclic amines) is 1. The van der Waals surface area contributed by atoms with Crippen LogP contribution >= 0.6 is 0 Å². The Labute approximate surface area is 189 Å². The highest BCUT2D eigenvalue weighted by Crippen LogP contribution is 2.50. The van der Waals surface area contributed by atoms with Crippen LogP contribution in [0.5, 0.6) is 0 Å². The third-order valence-electron chi connectivity index (χ3n) is 7.41. The van der Waals surface area contributed by atoms with Crippen molar-refractivity contribution in [1.29, 1.82) is 0 Å². The number of nitrogens with zero attached hydrogens (tertiary/aromatic N) is 1. The number of hydrogen-bond acceptors (Lipinski definition) is 2. The van der Waals surface area contributed by atoms with Crippen LogP contribution in [-0.2, 0) is 28.7 Å². The summed E-state index contributed by atoms with van der Waals surface area (Å²) in [6.07, 6.45) is -2.30. The lowest BCUT2D eigenvalue weighted by molar-refractivity contribution is -0.228. The first-order chi connectivity index (χ1) is 15.4. The zero-order valence-electron chi connectivity index (χ0n) is 18.4. The summed E-state index contributed by atoms with van der Waals surface area (Å²) >= 11 is 0. The first-order valence-corrected chi connectivity index (χ1v) is 11.1. The van der Waals surface area contributed by atoms with E-state index in [-0.39, 0.29) is 24.2 Å². The van der Waals surface area contributed by atoms with E-state index in [4.69, 9.17) is 5.73 Å². The summed E-state index contributed by atoms with van der Waals surface area (Å²) in [4.78, 5) is 13.6. The molecule has 2 aromatic rings. The van der Waals surface area contributed by atoms with E-state index in [9.17, 15) is 26.7 Å². The van der Waals surface area contributed by atoms with Gasteiger partial charge >= 0.3 is 6.18 Å². The third-order valence-corrected chi connectivity index (χ3v) is 7.41. The molecule has 33 heavy (non-hydrogen) atoms. The van der Waals surface area contributed by atoms with E-state index in [0.29, 0.717) is 39.3 Å². The minimum absolute atomic E-state index is 0.0552. The van der Waals surface area contributed by atoms with Gasteiger partial charge in [0, 0.05) is 24.4 Å². The molecule has 1 aliphatic carbocycles. The van der Waals surface area contributed by atoms with Gasteiger partial charge in [0.15, 0.2) is 0 Å². The van der Waals surface area contributed by atoms with Crippen LogP contribution in [0.15, 0.2) is 42.5 Å². The first-order valence-electron chi connectivity index (χ1n) is 11.1. The molecule has 0 spiro atoms. The van der Waals surface area contributed by atoms with Crippen molar-refractivity contribution in [2.24, 2.45) is 5.73 Å². The molecule has 0 radical (unpaired) electrons. The van der Waals surface area contributed by atoms with E-state index in [1.165, 1.54) is 24.3 Å². The number of carbonyl (C=O) groups excluding carboxylic acids is 1. The number of aryl methyl sites for hydroxylation is 1. The van der Waals surface area contributed by atoms with Gasteiger partial charge in [0.1, 0.15) is 5.82 Å². The highest BCUT2D eigenvalue weighted by molar-refractivity contribution is 5.73. The van der Waals surface area contributed by atoms with Crippen LogP contribution < -0.4 is 5.73 Å². The summed E-state index contributed by atoms with van der Waals surface area (Å²) in [5.41, 5.74) is 3.64. The number of fused-ring (bicyclic) bond motifs is 3. The van der Waals surface area contributed by atoms with Crippen molar-refractivity contribution >= 4 is 5.91 Å². The lowest BCUT2D eigenvalue weighted by Gasteiger charge is -2.44. The topological polar surface area (TPSA) is 46.3 Å². The van der Waals surface area contributed by atoms with Gasteiger partial charge in [-0.3, -0.25) is 9.69 Å². The Kier molecular flexibility index (Phi) is 6.01. The maximum absolute atomic E-state index is 14.7. The normalized spacial score (nSPS) is 24.7. The lowest BCUT2D eigenvalue weighted by Crippen LogP contribution is -2.48. The molecule has 2 aromatic carbocycles. The van der Waals surface area contributed by atoms with Gasteiger partial charge in [-0.1, -0.05) is 30.3 Å². The van der Waals surface area contributed by atoms with Crippen LogP contribution in [0.25, 0.3) is 0 Å². The summed E-state index contributed by atoms with van der Waals surface area (Å²) < 4.78 is 68.1. The van der Waals surface area contributed by atoms with E-state index >= 15 is 0 Å². The van der Waals surface area contributed by atoms with E-state index in [2.05, 4.69) is 4.90 Å². The largest absolute Gasteiger partial charge is 0.426 e. The van der Waals surface area contributed by atoms with Crippen molar-refractivity contribution in [2.45, 2.75) is 62.3 Å². The minimum atomic E-state index is -5.01. The van der Waals surface area contributed by atoms with Gasteiger partial charge in [-0.05, 0) is 73.5 Å². The molecule has 4 rings (SSSR count). The second-order valence-electron chi connectivity index (χ2n) is 9.39. The van der Waals surface area contributed by atoms with Gasteiger partial charge in [-0.25, -0.2) is 8.78 Å². The van der Waals surface area contributed by atoms with Gasteiger partial charge in [-0.15, -0.1) is 0 Å². The van der Waals surface area contributed by atoms with Crippen molar-refractivity contribution in [2.75, 3.05) is 13.1 Å². The number of rotatable bonds is 6. The van der Waals surface area contributed by atoms with Crippen LogP contribution in [-0.4, -0.2) is 36.1 Å². The molecule has 1 unspecified atom stereocenters. The number of carbonyl (C=O) groups is 1. The highest BCUT2D eigenvalue weighted by Gasteiger charge is 2.55. The molecule has 2 N–H and O–H groups in total. The Balaban J connectivity index is 1.75. The average Bonchev–Trinajstić information content (AvgIpc) is 3.11. The van der Waals surface area contributed by atoms with Crippen LogP contribution in [0.2, 0.25) is 0 Å². The van der Waals surface area contributed by atoms with Crippen molar-refractivity contribution < 1.29 is 26.7 Å². The molecule has 1 amide bonds. The number of nitrogens with two attached hydrogens (primary N) is 1. The predicted octanol–water partition coefficient (Wildman–Crippen LogP) is 4.95. The molecule has 0 aromatic heterocycles. The van der Waals surface area contributed by atoms with Gasteiger partial charge in [0.2, 0.25) is 11.6 Å². The summed E-state index contributed by atoms with van der Waals surface area (Å²) in [5.74, 6) is -0.730. The van der Waals surface area contributed by atoms with Gasteiger partial charge < -0.3 is 5.73 Å². The fourth-order valence-electron chi connectivity index (χ4n) is 5.61. The molecule has 1 aliphatic heterocycles. The molecule has 1 heterocycles. The number of primary amides is 1. The lowest BCUT2D eigenvalue weighted by atomic mass is 9.63. The van der Waals surface area contributed by atoms with E-state index in [1.807, 2.05) is 0 Å². The standard InChI is InChI=1S/C25H27F5N2O/c1-23(27,25(28,29)30)18-5-8-20-17(14-18)4-9-21-24(20,11-13-32(21)12-10-22(31)33)15-16-2-6-19(26)7-3-16/h2-3,5-8,14,21H,4,9-13,15H2,1H3,(H2,31,33)/t21-,23?,24-/m1/s1. The minimum Gasteiger partial charge on any atom is -0.370 e. The molecule has 0 saturated carbocycles. The Bertz CT molecular complexity index is 1030. The molecule has 0 bridgehead atoms. The Morgan fingerprint density at radius 1 is 1.15 bits per heavy atom. The van der Waals surface area contributed by atoms with E-state index in [0.717, 1.165) is 23.1 Å². The fourth-order valence-corrected chi connectivity index (χ4v) is 5.61. The number of hydrogen-bond donors (Lipinski definition) is 1. The van der Waals surface area contributed by atoms with Crippen molar-refractivity contribution in [1.82, 2.24) is 4.90 Å². The van der Waals surface area contributed by atoms with Crippen molar-refractivity contribution in [3.05, 3.63) is 70.5 Å². The molecule has 2 aliphatic rings. The second-order valence-corrected chi connectivity index (χ2v) is 9.39. The number of alkyl halides is 4. The maximum Gasteiger partial charge on any atom is 0.426 e. The Hall–Kier alpha value is -2.48. The van der Waals surface area contributed by atoms with Gasteiger partial charge in [0.25, 0.3) is 0 Å². The quantitative estimate of drug-likeness (QED) is 0.613. The zero-order chi connectivity index (χ0) is 24.0. The summed E-state index contributed by atoms with van der Waals surface area (Å²) in [7, 11) is 0. The van der Waals surface area contributed by atoms with Crippen molar-refractivity contribution in [3.8, 4) is 0 Å². The van der Waals surface area contributed by atoms with Gasteiger partial charge in [0.05, 0.1) is 0 Å². The number of amides is 1. The van der Waals surface area contributed by atoms with Crippen LogP contribution in [0.1, 0.15) is 48.4 Å². The molecule has 178 valence electrons. The van der Waals surface area contributed by atoms with Gasteiger partial charge in [-0.2, -0.15) is 13.2 Å². The summed E-state index contributed by atoms with van der Waals surface area (Å²) in [6, 6.07) is 10.5. The van der Waals surface area contributed by atoms with Crippen LogP contribution in [0.4, 0.5) is 22.0 Å². The molecule has 3 nitrogen and oxygen atoms in total. The Morgan fingerprint density at radius 2 is 1.85 bits per heavy atom. The smallest absolute Gasteiger partial charge is 0.370 e. The SMILES string of the molecule is CC(F)(c1ccc2c(c1)CC[C@H]1N(CCC(N)=O)CC[C@@]21Cc1ccc(F)cc1)C(F)(F)F. The van der Waals surface area contributed by atoms with Crippen molar-refractivity contribution in [3.63, 3.8) is 0 Å². The second kappa shape index (κ2) is 8.38. The van der Waals surface area contributed by atoms with Crippen LogP contribution in [0.3, 0.4) is 0 Å². The molecule has 1 fully saturated rings. The molecular weight excluding hydrogens is 439 g/mol.